The third kappa shape index (κ3) is 3.46. The zero-order chi connectivity index (χ0) is 12.0. The van der Waals surface area contributed by atoms with Crippen LogP contribution in [0.15, 0.2) is 6.07 Å². The number of aryl methyl sites for hydroxylation is 1. The van der Waals surface area contributed by atoms with Gasteiger partial charge in [0, 0.05) is 19.9 Å². The van der Waals surface area contributed by atoms with Gasteiger partial charge in [0.05, 0.1) is 6.54 Å². The number of hydrogen-bond donors (Lipinski definition) is 1. The Morgan fingerprint density at radius 3 is 2.69 bits per heavy atom. The summed E-state index contributed by atoms with van der Waals surface area (Å²) in [5, 5.41) is 11.7. The van der Waals surface area contributed by atoms with E-state index >= 15 is 0 Å². The van der Waals surface area contributed by atoms with Gasteiger partial charge in [-0.3, -0.25) is 0 Å². The summed E-state index contributed by atoms with van der Waals surface area (Å²) in [6, 6.07) is 3.59. The first-order chi connectivity index (χ1) is 7.69. The van der Waals surface area contributed by atoms with Gasteiger partial charge in [0.15, 0.2) is 6.29 Å². The van der Waals surface area contributed by atoms with E-state index in [4.69, 9.17) is 14.7 Å². The van der Waals surface area contributed by atoms with Crippen LogP contribution in [0.3, 0.4) is 0 Å². The summed E-state index contributed by atoms with van der Waals surface area (Å²) in [5.41, 5.74) is 1.07. The molecular weight excluding hydrogens is 208 g/mol. The highest BCUT2D eigenvalue weighted by Crippen LogP contribution is 2.04. The van der Waals surface area contributed by atoms with Crippen molar-refractivity contribution in [3.05, 3.63) is 17.5 Å². The topological polar surface area (TPSA) is 80.1 Å². The summed E-state index contributed by atoms with van der Waals surface area (Å²) < 4.78 is 10.0. The van der Waals surface area contributed by atoms with Gasteiger partial charge in [-0.15, -0.1) is 0 Å². The highest BCUT2D eigenvalue weighted by molar-refractivity contribution is 5.32. The molecule has 1 aromatic heterocycles. The zero-order valence-electron chi connectivity index (χ0n) is 9.52. The minimum absolute atomic E-state index is 0.335. The van der Waals surface area contributed by atoms with Gasteiger partial charge < -0.3 is 14.8 Å². The molecule has 1 N–H and O–H groups in total. The number of ether oxygens (including phenoxy) is 2. The molecule has 16 heavy (non-hydrogen) atoms. The van der Waals surface area contributed by atoms with Gasteiger partial charge in [-0.1, -0.05) is 0 Å². The van der Waals surface area contributed by atoms with Crippen molar-refractivity contribution in [2.75, 3.05) is 26.1 Å². The van der Waals surface area contributed by atoms with Crippen molar-refractivity contribution in [2.45, 2.75) is 13.2 Å². The van der Waals surface area contributed by atoms with E-state index in [2.05, 4.69) is 15.3 Å². The first-order valence-corrected chi connectivity index (χ1v) is 4.75. The van der Waals surface area contributed by atoms with Crippen LogP contribution in [0.5, 0.6) is 0 Å². The second-order valence-corrected chi connectivity index (χ2v) is 3.11. The first kappa shape index (κ1) is 12.4. The predicted octanol–water partition coefficient (Wildman–Crippen LogP) is 0.687. The van der Waals surface area contributed by atoms with Crippen LogP contribution in [0, 0.1) is 18.3 Å². The fraction of sp³-hybridized carbons (Fsp3) is 0.500. The molecule has 0 unspecified atom stereocenters. The van der Waals surface area contributed by atoms with Crippen LogP contribution in [0.1, 0.15) is 11.4 Å². The van der Waals surface area contributed by atoms with Crippen LogP contribution < -0.4 is 5.32 Å². The Hall–Kier alpha value is -1.71. The van der Waals surface area contributed by atoms with Crippen LogP contribution >= 0.6 is 0 Å². The van der Waals surface area contributed by atoms with Gasteiger partial charge in [0.25, 0.3) is 0 Å². The largest absolute Gasteiger partial charge is 0.354 e. The minimum Gasteiger partial charge on any atom is -0.354 e. The molecule has 0 aliphatic rings. The lowest BCUT2D eigenvalue weighted by Gasteiger charge is -2.14. The van der Waals surface area contributed by atoms with Gasteiger partial charge in [0.2, 0.25) is 5.95 Å². The number of nitrogens with one attached hydrogen (secondary N) is 1. The molecule has 0 aromatic carbocycles. The van der Waals surface area contributed by atoms with Gasteiger partial charge >= 0.3 is 0 Å². The van der Waals surface area contributed by atoms with Gasteiger partial charge in [-0.25, -0.2) is 9.97 Å². The highest BCUT2D eigenvalue weighted by atomic mass is 16.7. The molecule has 1 aromatic rings. The molecule has 6 heteroatoms. The fourth-order valence-electron chi connectivity index (χ4n) is 1.14. The average molecular weight is 222 g/mol. The molecule has 0 fully saturated rings. The normalized spacial score (nSPS) is 10.2. The van der Waals surface area contributed by atoms with E-state index in [1.165, 1.54) is 0 Å². The number of hydrogen-bond acceptors (Lipinski definition) is 6. The third-order valence-corrected chi connectivity index (χ3v) is 1.92. The molecule has 0 aliphatic carbocycles. The molecular formula is C10H14N4O2. The molecule has 0 aliphatic heterocycles. The number of nitriles is 1. The summed E-state index contributed by atoms with van der Waals surface area (Å²) in [6.07, 6.45) is -0.366. The number of anilines is 1. The van der Waals surface area contributed by atoms with Crippen molar-refractivity contribution >= 4 is 5.95 Å². The molecule has 0 saturated heterocycles. The van der Waals surface area contributed by atoms with Crippen LogP contribution in [0.2, 0.25) is 0 Å². The van der Waals surface area contributed by atoms with Crippen LogP contribution in [-0.4, -0.2) is 37.0 Å². The Kier molecular flexibility index (Phi) is 4.64. The minimum atomic E-state index is -0.366. The smallest absolute Gasteiger partial charge is 0.224 e. The van der Waals surface area contributed by atoms with Crippen molar-refractivity contribution in [3.63, 3.8) is 0 Å². The Bertz CT molecular complexity index is 385. The van der Waals surface area contributed by atoms with Crippen LogP contribution in [0.4, 0.5) is 5.95 Å². The number of aromatic nitrogens is 2. The van der Waals surface area contributed by atoms with Crippen molar-refractivity contribution in [1.29, 1.82) is 5.26 Å². The van der Waals surface area contributed by atoms with Crippen molar-refractivity contribution in [1.82, 2.24) is 9.97 Å². The van der Waals surface area contributed by atoms with Gasteiger partial charge in [-0.2, -0.15) is 5.26 Å². The lowest BCUT2D eigenvalue weighted by molar-refractivity contribution is -0.0914. The van der Waals surface area contributed by atoms with Gasteiger partial charge in [0.1, 0.15) is 11.8 Å². The fourth-order valence-corrected chi connectivity index (χ4v) is 1.14. The molecule has 1 heterocycles. The van der Waals surface area contributed by atoms with Crippen molar-refractivity contribution < 1.29 is 9.47 Å². The van der Waals surface area contributed by atoms with E-state index in [1.807, 2.05) is 6.07 Å². The maximum Gasteiger partial charge on any atom is 0.224 e. The van der Waals surface area contributed by atoms with E-state index < -0.39 is 0 Å². The Morgan fingerprint density at radius 1 is 1.44 bits per heavy atom. The first-order valence-electron chi connectivity index (χ1n) is 4.75. The summed E-state index contributed by atoms with van der Waals surface area (Å²) in [5.74, 6) is 0.399. The van der Waals surface area contributed by atoms with E-state index in [0.29, 0.717) is 18.2 Å². The maximum absolute atomic E-state index is 8.74. The SMILES string of the molecule is COC(CNc1nc(C)cc(C#N)n1)OC. The molecule has 0 radical (unpaired) electrons. The summed E-state index contributed by atoms with van der Waals surface area (Å²) in [7, 11) is 3.10. The Labute approximate surface area is 94.2 Å². The number of methoxy groups -OCH3 is 2. The maximum atomic E-state index is 8.74. The molecule has 86 valence electrons. The monoisotopic (exact) mass is 222 g/mol. The zero-order valence-corrected chi connectivity index (χ0v) is 9.52. The average Bonchev–Trinajstić information content (AvgIpc) is 2.29. The van der Waals surface area contributed by atoms with Crippen molar-refractivity contribution in [2.24, 2.45) is 0 Å². The second kappa shape index (κ2) is 6.00. The van der Waals surface area contributed by atoms with E-state index in [-0.39, 0.29) is 6.29 Å². The standard InChI is InChI=1S/C10H14N4O2/c1-7-4-8(5-11)14-10(13-7)12-6-9(15-2)16-3/h4,9H,6H2,1-3H3,(H,12,13,14). The van der Waals surface area contributed by atoms with Crippen LogP contribution in [-0.2, 0) is 9.47 Å². The lowest BCUT2D eigenvalue weighted by atomic mass is 10.3. The highest BCUT2D eigenvalue weighted by Gasteiger charge is 2.06. The third-order valence-electron chi connectivity index (χ3n) is 1.92. The van der Waals surface area contributed by atoms with E-state index in [9.17, 15) is 0 Å². The summed E-state index contributed by atoms with van der Waals surface area (Å²) in [4.78, 5) is 8.14. The molecule has 1 rings (SSSR count). The molecule has 6 nitrogen and oxygen atoms in total. The molecule has 0 atom stereocenters. The lowest BCUT2D eigenvalue weighted by Crippen LogP contribution is -2.24. The quantitative estimate of drug-likeness (QED) is 0.738. The van der Waals surface area contributed by atoms with E-state index in [0.717, 1.165) is 5.69 Å². The summed E-state index contributed by atoms with van der Waals surface area (Å²) in [6.45, 7) is 2.22. The Morgan fingerprint density at radius 2 is 2.12 bits per heavy atom. The second-order valence-electron chi connectivity index (χ2n) is 3.11. The number of rotatable bonds is 5. The number of nitrogens with zero attached hydrogens (tertiary/aromatic N) is 3. The predicted molar refractivity (Wildman–Crippen MR) is 57.8 cm³/mol. The van der Waals surface area contributed by atoms with Crippen molar-refractivity contribution in [3.8, 4) is 6.07 Å². The summed E-state index contributed by atoms with van der Waals surface area (Å²) >= 11 is 0. The molecule has 0 bridgehead atoms. The van der Waals surface area contributed by atoms with Gasteiger partial charge in [-0.05, 0) is 13.0 Å². The molecule has 0 amide bonds. The molecule has 0 spiro atoms. The molecule has 0 saturated carbocycles. The van der Waals surface area contributed by atoms with E-state index in [1.54, 1.807) is 27.2 Å². The Balaban J connectivity index is 2.67. The van der Waals surface area contributed by atoms with Crippen LogP contribution in [0.25, 0.3) is 0 Å².